The van der Waals surface area contributed by atoms with Crippen molar-refractivity contribution in [2.24, 2.45) is 5.73 Å². The molecule has 4 N–H and O–H groups in total. The number of anilines is 1. The molecule has 0 saturated carbocycles. The predicted molar refractivity (Wildman–Crippen MR) is 83.0 cm³/mol. The minimum Gasteiger partial charge on any atom is -0.389 e. The number of benzene rings is 1. The molecule has 0 aliphatic carbocycles. The number of hydrogen-bond donors (Lipinski definition) is 3. The Morgan fingerprint density at radius 3 is 2.63 bits per heavy atom. The van der Waals surface area contributed by atoms with Crippen molar-refractivity contribution in [3.05, 3.63) is 29.3 Å². The van der Waals surface area contributed by atoms with Gasteiger partial charge in [-0.25, -0.2) is 13.1 Å². The summed E-state index contributed by atoms with van der Waals surface area (Å²) in [6, 6.07) is 5.83. The fourth-order valence-electron chi connectivity index (χ4n) is 1.59. The molecule has 19 heavy (non-hydrogen) atoms. The molecule has 1 rings (SSSR count). The van der Waals surface area contributed by atoms with Crippen LogP contribution in [0.2, 0.25) is 0 Å². The molecule has 0 amide bonds. The number of hydrogen-bond acceptors (Lipinski definition) is 4. The summed E-state index contributed by atoms with van der Waals surface area (Å²) in [6.45, 7) is 3.02. The molecular weight excluding hydrogens is 282 g/mol. The standard InChI is InChI=1S/C12H19N3O2S2/c1-9-4-5-11(10(8-9)12(13)18)14-6-3-7-15-19(2,16)17/h4-5,8,14-15H,3,6-7H2,1-2H3,(H2,13,18). The lowest BCUT2D eigenvalue weighted by Crippen LogP contribution is -2.24. The minimum absolute atomic E-state index is 0.348. The highest BCUT2D eigenvalue weighted by Crippen LogP contribution is 2.17. The summed E-state index contributed by atoms with van der Waals surface area (Å²) < 4.78 is 24.2. The van der Waals surface area contributed by atoms with Gasteiger partial charge in [-0.1, -0.05) is 23.8 Å². The van der Waals surface area contributed by atoms with E-state index in [1.165, 1.54) is 0 Å². The first-order chi connectivity index (χ1) is 8.79. The van der Waals surface area contributed by atoms with Crippen LogP contribution in [0, 0.1) is 6.92 Å². The fraction of sp³-hybridized carbons (Fsp3) is 0.417. The Bertz CT molecular complexity index is 556. The van der Waals surface area contributed by atoms with Crippen LogP contribution in [0.3, 0.4) is 0 Å². The molecule has 0 atom stereocenters. The third-order valence-electron chi connectivity index (χ3n) is 2.47. The molecule has 0 bridgehead atoms. The fourth-order valence-corrected chi connectivity index (χ4v) is 2.27. The van der Waals surface area contributed by atoms with E-state index in [1.54, 1.807) is 0 Å². The third-order valence-corrected chi connectivity index (χ3v) is 3.42. The van der Waals surface area contributed by atoms with Gasteiger partial charge < -0.3 is 11.1 Å². The summed E-state index contributed by atoms with van der Waals surface area (Å²) in [6.07, 6.45) is 1.82. The van der Waals surface area contributed by atoms with Gasteiger partial charge in [-0.3, -0.25) is 0 Å². The highest BCUT2D eigenvalue weighted by Gasteiger charge is 2.05. The summed E-state index contributed by atoms with van der Waals surface area (Å²) in [5.41, 5.74) is 8.44. The number of nitrogens with one attached hydrogen (secondary N) is 2. The lowest BCUT2D eigenvalue weighted by Gasteiger charge is -2.12. The normalized spacial score (nSPS) is 11.3. The quantitative estimate of drug-likeness (QED) is 0.516. The van der Waals surface area contributed by atoms with Crippen molar-refractivity contribution in [1.29, 1.82) is 0 Å². The Balaban J connectivity index is 2.52. The zero-order valence-corrected chi connectivity index (χ0v) is 12.7. The smallest absolute Gasteiger partial charge is 0.208 e. The number of rotatable bonds is 7. The average Bonchev–Trinajstić information content (AvgIpc) is 2.28. The number of sulfonamides is 1. The molecule has 0 saturated heterocycles. The average molecular weight is 301 g/mol. The Hall–Kier alpha value is -1.18. The molecule has 0 aromatic heterocycles. The van der Waals surface area contributed by atoms with Gasteiger partial charge in [0.25, 0.3) is 0 Å². The minimum atomic E-state index is -3.12. The van der Waals surface area contributed by atoms with Crippen molar-refractivity contribution in [3.63, 3.8) is 0 Å². The van der Waals surface area contributed by atoms with Gasteiger partial charge in [0.15, 0.2) is 0 Å². The second-order valence-electron chi connectivity index (χ2n) is 4.36. The number of nitrogens with two attached hydrogens (primary N) is 1. The van der Waals surface area contributed by atoms with E-state index in [0.717, 1.165) is 23.1 Å². The Morgan fingerprint density at radius 2 is 2.05 bits per heavy atom. The lowest BCUT2D eigenvalue weighted by atomic mass is 10.1. The number of aryl methyl sites for hydroxylation is 1. The van der Waals surface area contributed by atoms with Crippen LogP contribution in [0.15, 0.2) is 18.2 Å². The van der Waals surface area contributed by atoms with Crippen molar-refractivity contribution in [3.8, 4) is 0 Å². The van der Waals surface area contributed by atoms with E-state index in [2.05, 4.69) is 10.0 Å². The maximum Gasteiger partial charge on any atom is 0.208 e. The van der Waals surface area contributed by atoms with E-state index in [0.29, 0.717) is 24.5 Å². The first-order valence-electron chi connectivity index (χ1n) is 5.88. The molecule has 106 valence electrons. The van der Waals surface area contributed by atoms with Crippen LogP contribution < -0.4 is 15.8 Å². The molecule has 0 aliphatic heterocycles. The monoisotopic (exact) mass is 301 g/mol. The van der Waals surface area contributed by atoms with Gasteiger partial charge in [-0.2, -0.15) is 0 Å². The van der Waals surface area contributed by atoms with Gasteiger partial charge in [0.05, 0.1) is 6.26 Å². The zero-order valence-electron chi connectivity index (χ0n) is 11.1. The van der Waals surface area contributed by atoms with E-state index >= 15 is 0 Å². The predicted octanol–water partition coefficient (Wildman–Crippen LogP) is 0.980. The first kappa shape index (κ1) is 15.9. The number of thiocarbonyl (C=S) groups is 1. The van der Waals surface area contributed by atoms with Crippen LogP contribution in [0.25, 0.3) is 0 Å². The van der Waals surface area contributed by atoms with Crippen molar-refractivity contribution in [2.45, 2.75) is 13.3 Å². The molecule has 1 aromatic rings. The van der Waals surface area contributed by atoms with Gasteiger partial charge in [0.2, 0.25) is 10.0 Å². The molecule has 0 heterocycles. The molecule has 0 radical (unpaired) electrons. The van der Waals surface area contributed by atoms with Gasteiger partial charge in [-0.15, -0.1) is 0 Å². The second kappa shape index (κ2) is 6.83. The van der Waals surface area contributed by atoms with Crippen LogP contribution in [0.1, 0.15) is 17.5 Å². The van der Waals surface area contributed by atoms with E-state index in [4.69, 9.17) is 18.0 Å². The largest absolute Gasteiger partial charge is 0.389 e. The summed E-state index contributed by atoms with van der Waals surface area (Å²) in [5.74, 6) is 0. The molecule has 7 heteroatoms. The maximum atomic E-state index is 10.9. The SMILES string of the molecule is Cc1ccc(NCCCNS(C)(=O)=O)c(C(N)=S)c1. The van der Waals surface area contributed by atoms with Crippen LogP contribution in [-0.4, -0.2) is 32.8 Å². The van der Waals surface area contributed by atoms with Crippen molar-refractivity contribution < 1.29 is 8.42 Å². The van der Waals surface area contributed by atoms with Crippen molar-refractivity contribution in [1.82, 2.24) is 4.72 Å². The molecular formula is C12H19N3O2S2. The van der Waals surface area contributed by atoms with Crippen molar-refractivity contribution >= 4 is 32.9 Å². The van der Waals surface area contributed by atoms with E-state index in [9.17, 15) is 8.42 Å². The summed E-state index contributed by atoms with van der Waals surface area (Å²) in [5, 5.41) is 3.21. The van der Waals surface area contributed by atoms with E-state index in [1.807, 2.05) is 25.1 Å². The van der Waals surface area contributed by atoms with Crippen LogP contribution in [0.5, 0.6) is 0 Å². The molecule has 5 nitrogen and oxygen atoms in total. The highest BCUT2D eigenvalue weighted by molar-refractivity contribution is 7.88. The van der Waals surface area contributed by atoms with Crippen LogP contribution in [0.4, 0.5) is 5.69 Å². The second-order valence-corrected chi connectivity index (χ2v) is 6.63. The molecule has 0 aliphatic rings. The van der Waals surface area contributed by atoms with Gasteiger partial charge in [-0.05, 0) is 25.5 Å². The summed E-state index contributed by atoms with van der Waals surface area (Å²) in [7, 11) is -3.12. The maximum absolute atomic E-state index is 10.9. The Morgan fingerprint density at radius 1 is 1.37 bits per heavy atom. The van der Waals surface area contributed by atoms with Gasteiger partial charge in [0.1, 0.15) is 4.99 Å². The molecule has 0 spiro atoms. The van der Waals surface area contributed by atoms with Gasteiger partial charge >= 0.3 is 0 Å². The van der Waals surface area contributed by atoms with Gasteiger partial charge in [0, 0.05) is 24.3 Å². The molecule has 0 unspecified atom stereocenters. The topological polar surface area (TPSA) is 84.2 Å². The third kappa shape index (κ3) is 6.00. The first-order valence-corrected chi connectivity index (χ1v) is 8.18. The van der Waals surface area contributed by atoms with E-state index in [-0.39, 0.29) is 0 Å². The Labute approximate surface area is 119 Å². The van der Waals surface area contributed by atoms with Crippen LogP contribution >= 0.6 is 12.2 Å². The van der Waals surface area contributed by atoms with E-state index < -0.39 is 10.0 Å². The highest BCUT2D eigenvalue weighted by atomic mass is 32.2. The lowest BCUT2D eigenvalue weighted by molar-refractivity contribution is 0.586. The van der Waals surface area contributed by atoms with Crippen LogP contribution in [-0.2, 0) is 10.0 Å². The van der Waals surface area contributed by atoms with Crippen molar-refractivity contribution in [2.75, 3.05) is 24.7 Å². The zero-order chi connectivity index (χ0) is 14.5. The molecule has 1 aromatic carbocycles. The molecule has 0 fully saturated rings. The summed E-state index contributed by atoms with van der Waals surface area (Å²) in [4.78, 5) is 0.348. The summed E-state index contributed by atoms with van der Waals surface area (Å²) >= 11 is 5.01. The Kier molecular flexibility index (Phi) is 5.71.